The van der Waals surface area contributed by atoms with Gasteiger partial charge in [0.15, 0.2) is 0 Å². The molecule has 1 aromatic rings. The maximum Gasteiger partial charge on any atom is 0.116 e. The number of thioether (sulfide) groups is 1. The minimum atomic E-state index is -0.0515. The number of nitrogens with zero attached hydrogens (tertiary/aromatic N) is 2. The molecule has 4 nitrogen and oxygen atoms in total. The van der Waals surface area contributed by atoms with Gasteiger partial charge in [-0.1, -0.05) is 6.42 Å². The summed E-state index contributed by atoms with van der Waals surface area (Å²) < 4.78 is 0. The van der Waals surface area contributed by atoms with E-state index < -0.39 is 0 Å². The molecule has 0 bridgehead atoms. The Hall–Kier alpha value is -0.650. The fourth-order valence-electron chi connectivity index (χ4n) is 2.91. The third-order valence-corrected chi connectivity index (χ3v) is 5.25. The van der Waals surface area contributed by atoms with E-state index in [-0.39, 0.29) is 12.1 Å². The molecule has 2 atom stereocenters. The van der Waals surface area contributed by atoms with Gasteiger partial charge in [0, 0.05) is 23.0 Å². The predicted molar refractivity (Wildman–Crippen MR) is 76.1 cm³/mol. The van der Waals surface area contributed by atoms with Gasteiger partial charge in [0.05, 0.1) is 11.6 Å². The topological polar surface area (TPSA) is 58.0 Å². The lowest BCUT2D eigenvalue weighted by Crippen LogP contribution is -2.53. The second kappa shape index (κ2) is 5.77. The molecular weight excluding hydrogens is 258 g/mol. The lowest BCUT2D eigenvalue weighted by atomic mass is 9.82. The molecule has 1 aromatic heterocycles. The van der Waals surface area contributed by atoms with Gasteiger partial charge in [-0.25, -0.2) is 9.97 Å². The molecule has 2 saturated carbocycles. The van der Waals surface area contributed by atoms with E-state index in [4.69, 9.17) is 0 Å². The second-order valence-corrected chi connectivity index (χ2v) is 7.06. The zero-order valence-corrected chi connectivity index (χ0v) is 11.9. The average Bonchev–Trinajstić information content (AvgIpc) is 3.24. The molecule has 2 aliphatic carbocycles. The lowest BCUT2D eigenvalue weighted by Gasteiger charge is -2.40. The average molecular weight is 279 g/mol. The van der Waals surface area contributed by atoms with E-state index in [1.165, 1.54) is 25.7 Å². The van der Waals surface area contributed by atoms with Crippen molar-refractivity contribution in [3.63, 3.8) is 0 Å². The smallest absolute Gasteiger partial charge is 0.116 e. The molecule has 3 rings (SSSR count). The van der Waals surface area contributed by atoms with Crippen molar-refractivity contribution in [2.75, 3.05) is 6.61 Å². The van der Waals surface area contributed by atoms with Crippen LogP contribution in [0.1, 0.15) is 38.5 Å². The first-order valence-electron chi connectivity index (χ1n) is 7.11. The highest BCUT2D eigenvalue weighted by atomic mass is 32.2. The molecule has 2 aliphatic rings. The molecule has 1 heterocycles. The second-order valence-electron chi connectivity index (χ2n) is 5.74. The number of hydrogen-bond acceptors (Lipinski definition) is 5. The van der Waals surface area contributed by atoms with Crippen molar-refractivity contribution in [2.45, 2.75) is 60.4 Å². The zero-order chi connectivity index (χ0) is 13.1. The standard InChI is InChI=1S/C14H21N3OS/c18-9-14(17-11-3-4-11)6-1-2-12(8-14)19-13-5-7-15-10-16-13/h5,7,10-12,17-18H,1-4,6,8-9H2. The first kappa shape index (κ1) is 13.3. The summed E-state index contributed by atoms with van der Waals surface area (Å²) in [4.78, 5) is 8.24. The van der Waals surface area contributed by atoms with Gasteiger partial charge in [-0.2, -0.15) is 0 Å². The normalized spacial score (nSPS) is 31.3. The Morgan fingerprint density at radius 3 is 3.00 bits per heavy atom. The minimum Gasteiger partial charge on any atom is -0.394 e. The van der Waals surface area contributed by atoms with Gasteiger partial charge >= 0.3 is 0 Å². The Morgan fingerprint density at radius 1 is 1.42 bits per heavy atom. The van der Waals surface area contributed by atoms with E-state index >= 15 is 0 Å². The van der Waals surface area contributed by atoms with Crippen molar-refractivity contribution < 1.29 is 5.11 Å². The number of aromatic nitrogens is 2. The highest BCUT2D eigenvalue weighted by Gasteiger charge is 2.40. The Balaban J connectivity index is 1.63. The summed E-state index contributed by atoms with van der Waals surface area (Å²) in [6.45, 7) is 0.254. The molecule has 0 aromatic carbocycles. The van der Waals surface area contributed by atoms with Crippen LogP contribution >= 0.6 is 11.8 Å². The maximum absolute atomic E-state index is 9.80. The largest absolute Gasteiger partial charge is 0.394 e. The number of hydrogen-bond donors (Lipinski definition) is 2. The van der Waals surface area contributed by atoms with Crippen LogP contribution in [0.15, 0.2) is 23.6 Å². The summed E-state index contributed by atoms with van der Waals surface area (Å²) >= 11 is 1.83. The molecule has 0 radical (unpaired) electrons. The van der Waals surface area contributed by atoms with Gasteiger partial charge in [0.2, 0.25) is 0 Å². The van der Waals surface area contributed by atoms with Crippen molar-refractivity contribution in [1.82, 2.24) is 15.3 Å². The molecule has 0 amide bonds. The molecule has 0 aliphatic heterocycles. The SMILES string of the molecule is OCC1(NC2CC2)CCCC(Sc2ccncn2)C1. The van der Waals surface area contributed by atoms with Crippen molar-refractivity contribution >= 4 is 11.8 Å². The van der Waals surface area contributed by atoms with Crippen LogP contribution < -0.4 is 5.32 Å². The van der Waals surface area contributed by atoms with E-state index in [0.29, 0.717) is 11.3 Å². The molecule has 0 spiro atoms. The van der Waals surface area contributed by atoms with Crippen LogP contribution in [0.4, 0.5) is 0 Å². The molecular formula is C14H21N3OS. The molecule has 104 valence electrons. The number of aliphatic hydroxyl groups is 1. The van der Waals surface area contributed by atoms with Crippen molar-refractivity contribution in [1.29, 1.82) is 0 Å². The lowest BCUT2D eigenvalue weighted by molar-refractivity contribution is 0.122. The molecule has 0 saturated heterocycles. The third-order valence-electron chi connectivity index (χ3n) is 4.03. The summed E-state index contributed by atoms with van der Waals surface area (Å²) in [5, 5.41) is 15.1. The summed E-state index contributed by atoms with van der Waals surface area (Å²) in [5.74, 6) is 0. The third kappa shape index (κ3) is 3.46. The van der Waals surface area contributed by atoms with Crippen LogP contribution in [0.5, 0.6) is 0 Å². The summed E-state index contributed by atoms with van der Waals surface area (Å²) in [5.41, 5.74) is -0.0515. The summed E-state index contributed by atoms with van der Waals surface area (Å²) in [6, 6.07) is 2.61. The van der Waals surface area contributed by atoms with Gasteiger partial charge in [-0.05, 0) is 38.2 Å². The van der Waals surface area contributed by atoms with Gasteiger partial charge < -0.3 is 10.4 Å². The van der Waals surface area contributed by atoms with Gasteiger partial charge in [0.1, 0.15) is 6.33 Å². The van der Waals surface area contributed by atoms with E-state index in [1.807, 2.05) is 17.8 Å². The van der Waals surface area contributed by atoms with E-state index in [0.717, 1.165) is 17.9 Å². The van der Waals surface area contributed by atoms with Crippen LogP contribution in [-0.2, 0) is 0 Å². The first-order chi connectivity index (χ1) is 9.30. The Bertz CT molecular complexity index is 412. The zero-order valence-electron chi connectivity index (χ0n) is 11.1. The number of rotatable bonds is 5. The highest BCUT2D eigenvalue weighted by Crippen LogP contribution is 2.39. The van der Waals surface area contributed by atoms with Crippen LogP contribution in [0.25, 0.3) is 0 Å². The Kier molecular flexibility index (Phi) is 4.05. The molecule has 2 N–H and O–H groups in total. The summed E-state index contributed by atoms with van der Waals surface area (Å²) in [6.07, 6.45) is 10.5. The Labute approximate surface area is 118 Å². The monoisotopic (exact) mass is 279 g/mol. The van der Waals surface area contributed by atoms with Gasteiger partial charge in [-0.15, -0.1) is 11.8 Å². The number of aliphatic hydroxyl groups excluding tert-OH is 1. The van der Waals surface area contributed by atoms with E-state index in [2.05, 4.69) is 15.3 Å². The van der Waals surface area contributed by atoms with Crippen molar-refractivity contribution in [2.24, 2.45) is 0 Å². The minimum absolute atomic E-state index is 0.0515. The molecule has 19 heavy (non-hydrogen) atoms. The molecule has 5 heteroatoms. The van der Waals surface area contributed by atoms with E-state index in [9.17, 15) is 5.11 Å². The van der Waals surface area contributed by atoms with Crippen molar-refractivity contribution in [3.8, 4) is 0 Å². The van der Waals surface area contributed by atoms with Crippen LogP contribution in [0, 0.1) is 0 Å². The highest BCUT2D eigenvalue weighted by molar-refractivity contribution is 7.99. The quantitative estimate of drug-likeness (QED) is 0.807. The van der Waals surface area contributed by atoms with Crippen molar-refractivity contribution in [3.05, 3.63) is 18.6 Å². The Morgan fingerprint density at radius 2 is 2.32 bits per heavy atom. The van der Waals surface area contributed by atoms with E-state index in [1.54, 1.807) is 12.5 Å². The fourth-order valence-corrected chi connectivity index (χ4v) is 4.18. The van der Waals surface area contributed by atoms with Gasteiger partial charge in [0.25, 0.3) is 0 Å². The maximum atomic E-state index is 9.80. The summed E-state index contributed by atoms with van der Waals surface area (Å²) in [7, 11) is 0. The first-order valence-corrected chi connectivity index (χ1v) is 7.99. The predicted octanol–water partition coefficient (Wildman–Crippen LogP) is 1.99. The van der Waals surface area contributed by atoms with Crippen LogP contribution in [0.2, 0.25) is 0 Å². The van der Waals surface area contributed by atoms with Gasteiger partial charge in [-0.3, -0.25) is 0 Å². The molecule has 2 fully saturated rings. The van der Waals surface area contributed by atoms with Crippen LogP contribution in [0.3, 0.4) is 0 Å². The fraction of sp³-hybridized carbons (Fsp3) is 0.714. The van der Waals surface area contributed by atoms with Crippen LogP contribution in [-0.4, -0.2) is 38.5 Å². The number of nitrogens with one attached hydrogen (secondary N) is 1. The molecule has 2 unspecified atom stereocenters.